The molecule has 0 saturated carbocycles. The summed E-state index contributed by atoms with van der Waals surface area (Å²) in [7, 11) is 0. The Hall–Kier alpha value is -7.69. The first-order valence-corrected chi connectivity index (χ1v) is 20.5. The largest absolute Gasteiger partial charge is 0.455 e. The van der Waals surface area contributed by atoms with E-state index in [1.807, 2.05) is 24.3 Å². The van der Waals surface area contributed by atoms with Gasteiger partial charge in [-0.05, 0) is 90.3 Å². The third kappa shape index (κ3) is 5.34. The van der Waals surface area contributed by atoms with Crippen molar-refractivity contribution < 1.29 is 4.42 Å². The van der Waals surface area contributed by atoms with Gasteiger partial charge in [0.15, 0.2) is 17.5 Å². The zero-order chi connectivity index (χ0) is 40.0. The standard InChI is InChI=1S/C56H37N3O/c1-56(2)48-22-7-5-17-43(48)47-33-38(30-31-49(47)56)34-24-28-37(29-25-34)53-57-54(59-55(58-53)46-21-11-20-45-44-18-6-8-23-50(44)60-52(45)46)40-15-9-14-39(32-40)42-19-10-13-36-27-26-35-12-3-4-16-41(35)51(36)42/h3-33H,1-2H3. The molecule has 4 heteroatoms. The number of furan rings is 1. The lowest BCUT2D eigenvalue weighted by Gasteiger charge is -2.21. The Morgan fingerprint density at radius 3 is 1.87 bits per heavy atom. The maximum absolute atomic E-state index is 6.51. The van der Waals surface area contributed by atoms with Gasteiger partial charge in [-0.2, -0.15) is 0 Å². The highest BCUT2D eigenvalue weighted by Gasteiger charge is 2.35. The van der Waals surface area contributed by atoms with Crippen molar-refractivity contribution in [2.24, 2.45) is 0 Å². The van der Waals surface area contributed by atoms with E-state index < -0.39 is 0 Å². The number of nitrogens with zero attached hydrogens (tertiary/aromatic N) is 3. The van der Waals surface area contributed by atoms with Crippen molar-refractivity contribution >= 4 is 43.5 Å². The van der Waals surface area contributed by atoms with Crippen molar-refractivity contribution in [2.45, 2.75) is 19.3 Å². The first-order valence-electron chi connectivity index (χ1n) is 20.5. The minimum Gasteiger partial charge on any atom is -0.455 e. The van der Waals surface area contributed by atoms with Crippen LogP contribution in [0.25, 0.3) is 111 Å². The molecule has 0 amide bonds. The molecular weight excluding hydrogens is 731 g/mol. The summed E-state index contributed by atoms with van der Waals surface area (Å²) in [4.78, 5) is 15.6. The molecule has 0 aliphatic heterocycles. The summed E-state index contributed by atoms with van der Waals surface area (Å²) in [6, 6.07) is 66.8. The summed E-state index contributed by atoms with van der Waals surface area (Å²) in [6.45, 7) is 4.64. The minimum atomic E-state index is -0.0299. The third-order valence-corrected chi connectivity index (χ3v) is 12.5. The van der Waals surface area contributed by atoms with Gasteiger partial charge < -0.3 is 4.42 Å². The number of aromatic nitrogens is 3. The summed E-state index contributed by atoms with van der Waals surface area (Å²) in [6.07, 6.45) is 0. The number of rotatable bonds is 5. The maximum Gasteiger partial charge on any atom is 0.167 e. The van der Waals surface area contributed by atoms with E-state index in [4.69, 9.17) is 19.4 Å². The van der Waals surface area contributed by atoms with Gasteiger partial charge in [0.1, 0.15) is 11.2 Å². The molecule has 4 nitrogen and oxygen atoms in total. The molecule has 2 aromatic heterocycles. The van der Waals surface area contributed by atoms with Gasteiger partial charge in [-0.15, -0.1) is 0 Å². The second-order valence-corrected chi connectivity index (χ2v) is 16.4. The Kier molecular flexibility index (Phi) is 7.54. The zero-order valence-electron chi connectivity index (χ0n) is 33.1. The molecule has 282 valence electrons. The van der Waals surface area contributed by atoms with Gasteiger partial charge in [0.25, 0.3) is 0 Å². The van der Waals surface area contributed by atoms with Gasteiger partial charge in [0.05, 0.1) is 5.56 Å². The molecule has 9 aromatic carbocycles. The van der Waals surface area contributed by atoms with Crippen molar-refractivity contribution in [2.75, 3.05) is 0 Å². The molecule has 1 aliphatic carbocycles. The van der Waals surface area contributed by atoms with Crippen molar-refractivity contribution in [3.8, 4) is 67.5 Å². The number of benzene rings is 9. The van der Waals surface area contributed by atoms with Crippen LogP contribution in [0.4, 0.5) is 0 Å². The lowest BCUT2D eigenvalue weighted by Crippen LogP contribution is -2.14. The Balaban J connectivity index is 1.00. The smallest absolute Gasteiger partial charge is 0.167 e. The molecule has 60 heavy (non-hydrogen) atoms. The molecule has 12 rings (SSSR count). The number of fused-ring (bicyclic) bond motifs is 9. The van der Waals surface area contributed by atoms with Crippen LogP contribution in [0.1, 0.15) is 25.0 Å². The molecule has 1 aliphatic rings. The first kappa shape index (κ1) is 34.4. The van der Waals surface area contributed by atoms with Crippen LogP contribution in [0.3, 0.4) is 0 Å². The lowest BCUT2D eigenvalue weighted by molar-refractivity contribution is 0.660. The molecule has 0 radical (unpaired) electrons. The fourth-order valence-electron chi connectivity index (χ4n) is 9.51. The van der Waals surface area contributed by atoms with E-state index in [2.05, 4.69) is 178 Å². The molecule has 2 heterocycles. The van der Waals surface area contributed by atoms with E-state index in [-0.39, 0.29) is 5.41 Å². The molecule has 0 spiro atoms. The lowest BCUT2D eigenvalue weighted by atomic mass is 9.82. The summed E-state index contributed by atoms with van der Waals surface area (Å²) in [5.41, 5.74) is 14.2. The van der Waals surface area contributed by atoms with Crippen LogP contribution in [0.5, 0.6) is 0 Å². The topological polar surface area (TPSA) is 51.8 Å². The zero-order valence-corrected chi connectivity index (χ0v) is 33.1. The van der Waals surface area contributed by atoms with E-state index in [0.717, 1.165) is 49.8 Å². The first-order chi connectivity index (χ1) is 29.5. The third-order valence-electron chi connectivity index (χ3n) is 12.5. The predicted molar refractivity (Wildman–Crippen MR) is 247 cm³/mol. The van der Waals surface area contributed by atoms with Gasteiger partial charge in [0, 0.05) is 27.3 Å². The monoisotopic (exact) mass is 767 g/mol. The molecule has 0 fully saturated rings. The highest BCUT2D eigenvalue weighted by Crippen LogP contribution is 2.49. The van der Waals surface area contributed by atoms with Crippen LogP contribution in [-0.4, -0.2) is 15.0 Å². The minimum absolute atomic E-state index is 0.0299. The number of hydrogen-bond donors (Lipinski definition) is 0. The normalized spacial score (nSPS) is 13.0. The van der Waals surface area contributed by atoms with Gasteiger partial charge in [-0.1, -0.05) is 178 Å². The molecule has 0 unspecified atom stereocenters. The van der Waals surface area contributed by atoms with E-state index in [9.17, 15) is 0 Å². The van der Waals surface area contributed by atoms with Gasteiger partial charge in [-0.3, -0.25) is 0 Å². The van der Waals surface area contributed by atoms with Crippen LogP contribution in [0, 0.1) is 0 Å². The predicted octanol–water partition coefficient (Wildman–Crippen LogP) is 14.7. The quantitative estimate of drug-likeness (QED) is 0.164. The molecule has 0 atom stereocenters. The fraction of sp³-hybridized carbons (Fsp3) is 0.0536. The Morgan fingerprint density at radius 2 is 0.967 bits per heavy atom. The molecule has 0 N–H and O–H groups in total. The number of para-hydroxylation sites is 2. The van der Waals surface area contributed by atoms with E-state index >= 15 is 0 Å². The van der Waals surface area contributed by atoms with Gasteiger partial charge in [0.2, 0.25) is 0 Å². The van der Waals surface area contributed by atoms with E-state index in [1.165, 1.54) is 54.9 Å². The number of hydrogen-bond acceptors (Lipinski definition) is 4. The highest BCUT2D eigenvalue weighted by atomic mass is 16.3. The average Bonchev–Trinajstić information content (AvgIpc) is 3.80. The summed E-state index contributed by atoms with van der Waals surface area (Å²) < 4.78 is 6.51. The van der Waals surface area contributed by atoms with Crippen LogP contribution in [-0.2, 0) is 5.41 Å². The summed E-state index contributed by atoms with van der Waals surface area (Å²) in [5, 5.41) is 6.98. The second kappa shape index (κ2) is 13.2. The molecule has 0 bridgehead atoms. The van der Waals surface area contributed by atoms with E-state index in [0.29, 0.717) is 17.5 Å². The van der Waals surface area contributed by atoms with Crippen molar-refractivity contribution in [1.82, 2.24) is 15.0 Å². The summed E-state index contributed by atoms with van der Waals surface area (Å²) in [5.74, 6) is 1.75. The Labute approximate surface area is 347 Å². The molecule has 11 aromatic rings. The Bertz CT molecular complexity index is 3520. The van der Waals surface area contributed by atoms with Gasteiger partial charge >= 0.3 is 0 Å². The van der Waals surface area contributed by atoms with Crippen LogP contribution < -0.4 is 0 Å². The van der Waals surface area contributed by atoms with Crippen molar-refractivity contribution in [1.29, 1.82) is 0 Å². The molecule has 0 saturated heterocycles. The van der Waals surface area contributed by atoms with Crippen molar-refractivity contribution in [3.63, 3.8) is 0 Å². The Morgan fingerprint density at radius 1 is 0.367 bits per heavy atom. The highest BCUT2D eigenvalue weighted by molar-refractivity contribution is 6.14. The summed E-state index contributed by atoms with van der Waals surface area (Å²) >= 11 is 0. The van der Waals surface area contributed by atoms with Crippen molar-refractivity contribution in [3.05, 3.63) is 199 Å². The fourth-order valence-corrected chi connectivity index (χ4v) is 9.51. The molecular formula is C56H37N3O. The van der Waals surface area contributed by atoms with Crippen LogP contribution >= 0.6 is 0 Å². The van der Waals surface area contributed by atoms with E-state index in [1.54, 1.807) is 0 Å². The maximum atomic E-state index is 6.51. The van der Waals surface area contributed by atoms with Crippen LogP contribution in [0.15, 0.2) is 192 Å². The van der Waals surface area contributed by atoms with Crippen LogP contribution in [0.2, 0.25) is 0 Å². The second-order valence-electron chi connectivity index (χ2n) is 16.4. The van der Waals surface area contributed by atoms with Gasteiger partial charge in [-0.25, -0.2) is 15.0 Å². The average molecular weight is 768 g/mol. The SMILES string of the molecule is CC1(C)c2ccccc2-c2cc(-c3ccc(-c4nc(-c5cccc(-c6cccc7ccc8ccccc8c67)c5)nc(-c5cccc6c5oc5ccccc56)n4)cc3)ccc21.